The Bertz CT molecular complexity index is 1030. The van der Waals surface area contributed by atoms with Crippen molar-refractivity contribution in [1.29, 1.82) is 0 Å². The highest BCUT2D eigenvalue weighted by Gasteiger charge is 2.37. The molecule has 1 aliphatic rings. The largest absolute Gasteiger partial charge is 0.338 e. The summed E-state index contributed by atoms with van der Waals surface area (Å²) >= 11 is 6.06. The van der Waals surface area contributed by atoms with Crippen molar-refractivity contribution in [2.45, 2.75) is 40.0 Å². The van der Waals surface area contributed by atoms with E-state index in [4.69, 9.17) is 16.7 Å². The van der Waals surface area contributed by atoms with E-state index in [1.165, 1.54) is 5.56 Å². The average Bonchev–Trinajstić information content (AvgIpc) is 3.00. The Balaban J connectivity index is 1.86. The van der Waals surface area contributed by atoms with Gasteiger partial charge in [-0.15, -0.1) is 5.10 Å². The average molecular weight is 394 g/mol. The second-order valence-corrected chi connectivity index (χ2v) is 8.57. The summed E-state index contributed by atoms with van der Waals surface area (Å²) in [6.45, 7) is 6.38. The molecule has 0 saturated heterocycles. The van der Waals surface area contributed by atoms with Crippen LogP contribution in [0.15, 0.2) is 48.5 Å². The second-order valence-electron chi connectivity index (χ2n) is 8.14. The summed E-state index contributed by atoms with van der Waals surface area (Å²) in [6.07, 6.45) is 2.22. The number of anilines is 2. The van der Waals surface area contributed by atoms with E-state index >= 15 is 0 Å². The first-order valence-corrected chi connectivity index (χ1v) is 10.0. The zero-order valence-electron chi connectivity index (χ0n) is 16.4. The molecule has 28 heavy (non-hydrogen) atoms. The molecular weight excluding hydrogens is 370 g/mol. The lowest BCUT2D eigenvalue weighted by Crippen LogP contribution is -2.28. The molecule has 4 nitrogen and oxygen atoms in total. The van der Waals surface area contributed by atoms with Crippen LogP contribution in [0, 0.1) is 5.41 Å². The van der Waals surface area contributed by atoms with E-state index in [0.29, 0.717) is 22.8 Å². The number of hydrogen-bond donors (Lipinski definition) is 1. The Labute approximate surface area is 170 Å². The van der Waals surface area contributed by atoms with E-state index < -0.39 is 0 Å². The third-order valence-corrected chi connectivity index (χ3v) is 5.52. The summed E-state index contributed by atoms with van der Waals surface area (Å²) < 4.78 is 1.89. The van der Waals surface area contributed by atoms with E-state index in [0.717, 1.165) is 29.9 Å². The summed E-state index contributed by atoms with van der Waals surface area (Å²) in [4.78, 5) is 13.1. The van der Waals surface area contributed by atoms with E-state index in [2.05, 4.69) is 32.2 Å². The lowest BCUT2D eigenvalue weighted by Gasteiger charge is -2.29. The van der Waals surface area contributed by atoms with Crippen LogP contribution in [-0.2, 0) is 12.8 Å². The smallest absolute Gasteiger partial charge is 0.169 e. The van der Waals surface area contributed by atoms with Crippen LogP contribution >= 0.6 is 11.6 Å². The minimum Gasteiger partial charge on any atom is -0.338 e. The number of benzene rings is 2. The Morgan fingerprint density at radius 3 is 2.54 bits per heavy atom. The summed E-state index contributed by atoms with van der Waals surface area (Å²) in [5, 5.41) is 8.93. The van der Waals surface area contributed by atoms with E-state index in [9.17, 15) is 4.79 Å². The number of para-hydroxylation sites is 1. The van der Waals surface area contributed by atoms with Crippen molar-refractivity contribution in [3.8, 4) is 5.69 Å². The molecular formula is C23H24ClN3O. The van der Waals surface area contributed by atoms with Crippen LogP contribution in [0.3, 0.4) is 0 Å². The number of carbonyl (C=O) groups is 1. The molecule has 4 rings (SSSR count). The van der Waals surface area contributed by atoms with Crippen LogP contribution in [0.2, 0.25) is 5.02 Å². The topological polar surface area (TPSA) is 46.9 Å². The molecule has 5 heteroatoms. The first-order chi connectivity index (χ1) is 13.4. The number of ketones is 1. The summed E-state index contributed by atoms with van der Waals surface area (Å²) in [5.41, 5.74) is 4.67. The van der Waals surface area contributed by atoms with Crippen LogP contribution in [0.25, 0.3) is 5.69 Å². The highest BCUT2D eigenvalue weighted by molar-refractivity contribution is 6.30. The second kappa shape index (κ2) is 7.10. The van der Waals surface area contributed by atoms with Crippen LogP contribution in [0.5, 0.6) is 0 Å². The third kappa shape index (κ3) is 3.45. The number of nitrogens with one attached hydrogen (secondary N) is 1. The van der Waals surface area contributed by atoms with Gasteiger partial charge in [0, 0.05) is 17.1 Å². The number of hydrogen-bond acceptors (Lipinski definition) is 3. The first kappa shape index (κ1) is 18.8. The van der Waals surface area contributed by atoms with Gasteiger partial charge in [-0.2, -0.15) is 0 Å². The highest BCUT2D eigenvalue weighted by Crippen LogP contribution is 2.39. The number of aromatic nitrogens is 2. The van der Waals surface area contributed by atoms with Gasteiger partial charge < -0.3 is 5.32 Å². The molecule has 1 heterocycles. The Hall–Kier alpha value is -2.59. The lowest BCUT2D eigenvalue weighted by molar-refractivity contribution is 0.0912. The third-order valence-electron chi connectivity index (χ3n) is 5.27. The van der Waals surface area contributed by atoms with Gasteiger partial charge in [0.2, 0.25) is 0 Å². The SMILES string of the molecule is CCc1ccccc1Nc1nn(-c2ccc(Cl)cc2)c2c1C(=O)CC(C)(C)C2. The molecule has 1 aliphatic carbocycles. The van der Waals surface area contributed by atoms with E-state index in [1.807, 2.05) is 47.1 Å². The maximum atomic E-state index is 13.1. The molecule has 0 saturated carbocycles. The summed E-state index contributed by atoms with van der Waals surface area (Å²) in [7, 11) is 0. The number of aryl methyl sites for hydroxylation is 1. The minimum atomic E-state index is -0.0904. The zero-order chi connectivity index (χ0) is 19.9. The van der Waals surface area contributed by atoms with Crippen molar-refractivity contribution in [1.82, 2.24) is 9.78 Å². The first-order valence-electron chi connectivity index (χ1n) is 9.64. The van der Waals surface area contributed by atoms with E-state index in [1.54, 1.807) is 0 Å². The van der Waals surface area contributed by atoms with Crippen molar-refractivity contribution in [2.75, 3.05) is 5.32 Å². The van der Waals surface area contributed by atoms with Crippen LogP contribution < -0.4 is 5.32 Å². The van der Waals surface area contributed by atoms with Gasteiger partial charge in [0.25, 0.3) is 0 Å². The monoisotopic (exact) mass is 393 g/mol. The minimum absolute atomic E-state index is 0.0904. The molecule has 0 atom stereocenters. The van der Waals surface area contributed by atoms with Crippen molar-refractivity contribution >= 4 is 28.9 Å². The van der Waals surface area contributed by atoms with Crippen molar-refractivity contribution in [2.24, 2.45) is 5.41 Å². The molecule has 0 unspecified atom stereocenters. The van der Waals surface area contributed by atoms with Gasteiger partial charge in [-0.05, 0) is 54.2 Å². The summed E-state index contributed by atoms with van der Waals surface area (Å²) in [6, 6.07) is 15.7. The van der Waals surface area contributed by atoms with Crippen molar-refractivity contribution < 1.29 is 4.79 Å². The van der Waals surface area contributed by atoms with Gasteiger partial charge in [-0.3, -0.25) is 4.79 Å². The lowest BCUT2D eigenvalue weighted by atomic mass is 9.76. The Morgan fingerprint density at radius 1 is 1.11 bits per heavy atom. The predicted molar refractivity (Wildman–Crippen MR) is 114 cm³/mol. The molecule has 144 valence electrons. The number of rotatable bonds is 4. The van der Waals surface area contributed by atoms with Gasteiger partial charge in [-0.25, -0.2) is 4.68 Å². The fourth-order valence-corrected chi connectivity index (χ4v) is 4.04. The van der Waals surface area contributed by atoms with Crippen molar-refractivity contribution in [3.63, 3.8) is 0 Å². The standard InChI is InChI=1S/C23H24ClN3O/c1-4-15-7-5-6-8-18(15)25-22-21-19(13-23(2,3)14-20(21)28)27(26-22)17-11-9-16(24)10-12-17/h5-12H,4,13-14H2,1-3H3,(H,25,26). The van der Waals surface area contributed by atoms with Gasteiger partial charge in [0.05, 0.1) is 16.9 Å². The Kier molecular flexibility index (Phi) is 4.76. The van der Waals surface area contributed by atoms with Gasteiger partial charge in [0.15, 0.2) is 11.6 Å². The van der Waals surface area contributed by atoms with Crippen LogP contribution in [0.4, 0.5) is 11.5 Å². The fraction of sp³-hybridized carbons (Fsp3) is 0.304. The molecule has 0 aliphatic heterocycles. The van der Waals surface area contributed by atoms with Crippen LogP contribution in [-0.4, -0.2) is 15.6 Å². The normalized spacial score (nSPS) is 15.4. The molecule has 0 amide bonds. The van der Waals surface area contributed by atoms with Gasteiger partial charge in [0.1, 0.15) is 0 Å². The number of Topliss-reactive ketones (excluding diaryl/α,β-unsaturated/α-hetero) is 1. The predicted octanol–water partition coefficient (Wildman–Crippen LogP) is 5.99. The van der Waals surface area contributed by atoms with Gasteiger partial charge in [-0.1, -0.05) is 50.6 Å². The van der Waals surface area contributed by atoms with E-state index in [-0.39, 0.29) is 11.2 Å². The number of fused-ring (bicyclic) bond motifs is 1. The maximum Gasteiger partial charge on any atom is 0.169 e. The maximum absolute atomic E-state index is 13.1. The number of nitrogens with zero attached hydrogens (tertiary/aromatic N) is 2. The Morgan fingerprint density at radius 2 is 1.82 bits per heavy atom. The van der Waals surface area contributed by atoms with Crippen LogP contribution in [0.1, 0.15) is 48.8 Å². The molecule has 0 spiro atoms. The fourth-order valence-electron chi connectivity index (χ4n) is 3.91. The molecule has 1 N–H and O–H groups in total. The molecule has 0 radical (unpaired) electrons. The molecule has 2 aromatic carbocycles. The van der Waals surface area contributed by atoms with Gasteiger partial charge >= 0.3 is 0 Å². The summed E-state index contributed by atoms with van der Waals surface area (Å²) in [5.74, 6) is 0.772. The molecule has 0 fully saturated rings. The highest BCUT2D eigenvalue weighted by atomic mass is 35.5. The molecule has 3 aromatic rings. The molecule has 0 bridgehead atoms. The quantitative estimate of drug-likeness (QED) is 0.592. The zero-order valence-corrected chi connectivity index (χ0v) is 17.2. The molecule has 1 aromatic heterocycles. The van der Waals surface area contributed by atoms with Crippen molar-refractivity contribution in [3.05, 3.63) is 70.4 Å². The number of halogens is 1. The number of carbonyl (C=O) groups excluding carboxylic acids is 1.